The minimum Gasteiger partial charge on any atom is -0.345 e. The maximum atomic E-state index is 12.7. The third-order valence-corrected chi connectivity index (χ3v) is 4.35. The summed E-state index contributed by atoms with van der Waals surface area (Å²) in [6.07, 6.45) is 6.39. The molecule has 0 aliphatic rings. The Morgan fingerprint density at radius 3 is 2.42 bits per heavy atom. The highest BCUT2D eigenvalue weighted by Gasteiger charge is 2.17. The van der Waals surface area contributed by atoms with Crippen molar-refractivity contribution in [1.29, 1.82) is 0 Å². The number of imidazole rings is 1. The Morgan fingerprint density at radius 2 is 1.81 bits per heavy atom. The number of hydrogen-bond donors (Lipinski definition) is 1. The Balaban J connectivity index is 1.69. The molecule has 134 valence electrons. The third-order valence-electron chi connectivity index (χ3n) is 4.35. The fraction of sp³-hybridized carbons (Fsp3) is 0.273. The summed E-state index contributed by atoms with van der Waals surface area (Å²) in [5.41, 5.74) is 2.97. The summed E-state index contributed by atoms with van der Waals surface area (Å²) in [6.45, 7) is 5.10. The highest BCUT2D eigenvalue weighted by atomic mass is 16.1. The van der Waals surface area contributed by atoms with E-state index in [0.717, 1.165) is 24.1 Å². The normalized spacial score (nSPS) is 12.1. The molecule has 0 saturated carbocycles. The van der Waals surface area contributed by atoms with Crippen molar-refractivity contribution in [2.75, 3.05) is 0 Å². The number of hydrogen-bond acceptors (Lipinski definition) is 2. The van der Waals surface area contributed by atoms with E-state index < -0.39 is 0 Å². The minimum absolute atomic E-state index is 0.0225. The first-order valence-corrected chi connectivity index (χ1v) is 9.02. The number of carbonyl (C=O) groups is 1. The molecule has 0 spiro atoms. The van der Waals surface area contributed by atoms with Crippen LogP contribution >= 0.6 is 0 Å². The van der Waals surface area contributed by atoms with Gasteiger partial charge in [-0.05, 0) is 35.6 Å². The van der Waals surface area contributed by atoms with Crippen LogP contribution in [-0.2, 0) is 6.54 Å². The summed E-state index contributed by atoms with van der Waals surface area (Å²) >= 11 is 0. The molecule has 0 saturated heterocycles. The van der Waals surface area contributed by atoms with Crippen molar-refractivity contribution in [3.05, 3.63) is 90.0 Å². The van der Waals surface area contributed by atoms with Crippen molar-refractivity contribution in [2.24, 2.45) is 5.92 Å². The van der Waals surface area contributed by atoms with Gasteiger partial charge in [-0.3, -0.25) is 4.79 Å². The molecule has 0 bridgehead atoms. The molecule has 1 atom stereocenters. The number of rotatable bonds is 7. The highest BCUT2D eigenvalue weighted by molar-refractivity contribution is 5.94. The summed E-state index contributed by atoms with van der Waals surface area (Å²) in [6, 6.07) is 18.0. The molecule has 3 rings (SSSR count). The molecule has 0 radical (unpaired) electrons. The average molecular weight is 347 g/mol. The maximum Gasteiger partial charge on any atom is 0.251 e. The second-order valence-electron chi connectivity index (χ2n) is 7.00. The standard InChI is InChI=1S/C22H25N3O/c1-17(2)14-21(19-6-4-3-5-7-19)24-22(26)20-10-8-18(9-11-20)15-25-13-12-23-16-25/h3-13,16-17,21H,14-15H2,1-2H3,(H,24,26). The molecule has 0 aliphatic carbocycles. The zero-order chi connectivity index (χ0) is 18.4. The van der Waals surface area contributed by atoms with Crippen LogP contribution in [-0.4, -0.2) is 15.5 Å². The van der Waals surface area contributed by atoms with Crippen molar-refractivity contribution in [1.82, 2.24) is 14.9 Å². The molecule has 0 fully saturated rings. The van der Waals surface area contributed by atoms with Crippen LogP contribution in [0.4, 0.5) is 0 Å². The lowest BCUT2D eigenvalue weighted by atomic mass is 9.96. The van der Waals surface area contributed by atoms with Crippen molar-refractivity contribution < 1.29 is 4.79 Å². The van der Waals surface area contributed by atoms with E-state index in [4.69, 9.17) is 0 Å². The molecule has 26 heavy (non-hydrogen) atoms. The van der Waals surface area contributed by atoms with Gasteiger partial charge in [0.05, 0.1) is 12.4 Å². The molecule has 1 amide bonds. The molecule has 1 unspecified atom stereocenters. The van der Waals surface area contributed by atoms with E-state index in [1.54, 1.807) is 12.5 Å². The predicted octanol–water partition coefficient (Wildman–Crippen LogP) is 4.45. The summed E-state index contributed by atoms with van der Waals surface area (Å²) < 4.78 is 2.00. The van der Waals surface area contributed by atoms with Gasteiger partial charge in [0.2, 0.25) is 0 Å². The SMILES string of the molecule is CC(C)CC(NC(=O)c1ccc(Cn2ccnc2)cc1)c1ccccc1. The first-order chi connectivity index (χ1) is 12.6. The summed E-state index contributed by atoms with van der Waals surface area (Å²) in [7, 11) is 0. The van der Waals surface area contributed by atoms with Gasteiger partial charge in [-0.1, -0.05) is 56.3 Å². The summed E-state index contributed by atoms with van der Waals surface area (Å²) in [4.78, 5) is 16.8. The first-order valence-electron chi connectivity index (χ1n) is 9.02. The van der Waals surface area contributed by atoms with Crippen LogP contribution in [0.15, 0.2) is 73.3 Å². The molecule has 1 aromatic heterocycles. The molecular weight excluding hydrogens is 322 g/mol. The second-order valence-corrected chi connectivity index (χ2v) is 7.00. The van der Waals surface area contributed by atoms with Crippen molar-refractivity contribution >= 4 is 5.91 Å². The number of amides is 1. The van der Waals surface area contributed by atoms with Gasteiger partial charge in [0.1, 0.15) is 0 Å². The van der Waals surface area contributed by atoms with Gasteiger partial charge in [-0.2, -0.15) is 0 Å². The van der Waals surface area contributed by atoms with E-state index in [9.17, 15) is 4.79 Å². The summed E-state index contributed by atoms with van der Waals surface area (Å²) in [5, 5.41) is 3.19. The van der Waals surface area contributed by atoms with Crippen LogP contribution in [0.2, 0.25) is 0 Å². The van der Waals surface area contributed by atoms with E-state index in [0.29, 0.717) is 11.5 Å². The Hall–Kier alpha value is -2.88. The molecule has 4 heteroatoms. The smallest absolute Gasteiger partial charge is 0.251 e. The Morgan fingerprint density at radius 1 is 1.08 bits per heavy atom. The fourth-order valence-corrected chi connectivity index (χ4v) is 3.03. The van der Waals surface area contributed by atoms with Crippen LogP contribution in [0.1, 0.15) is 47.8 Å². The quantitative estimate of drug-likeness (QED) is 0.686. The Labute approximate surface area is 154 Å². The van der Waals surface area contributed by atoms with Crippen molar-refractivity contribution in [3.8, 4) is 0 Å². The lowest BCUT2D eigenvalue weighted by Gasteiger charge is -2.21. The Kier molecular flexibility index (Phi) is 5.84. The maximum absolute atomic E-state index is 12.7. The number of nitrogens with zero attached hydrogens (tertiary/aromatic N) is 2. The van der Waals surface area contributed by atoms with E-state index in [-0.39, 0.29) is 11.9 Å². The Bertz CT molecular complexity index is 808. The van der Waals surface area contributed by atoms with Crippen LogP contribution in [0.3, 0.4) is 0 Å². The van der Waals surface area contributed by atoms with E-state index in [1.165, 1.54) is 0 Å². The predicted molar refractivity (Wildman–Crippen MR) is 104 cm³/mol. The zero-order valence-corrected chi connectivity index (χ0v) is 15.3. The number of carbonyl (C=O) groups excluding carboxylic acids is 1. The second kappa shape index (κ2) is 8.48. The van der Waals surface area contributed by atoms with Crippen LogP contribution in [0, 0.1) is 5.92 Å². The lowest BCUT2D eigenvalue weighted by molar-refractivity contribution is 0.0932. The average Bonchev–Trinajstić information content (AvgIpc) is 3.15. The molecule has 1 N–H and O–H groups in total. The van der Waals surface area contributed by atoms with Gasteiger partial charge in [0.15, 0.2) is 0 Å². The van der Waals surface area contributed by atoms with Crippen LogP contribution in [0.25, 0.3) is 0 Å². The molecule has 3 aromatic rings. The van der Waals surface area contributed by atoms with Crippen LogP contribution in [0.5, 0.6) is 0 Å². The van der Waals surface area contributed by atoms with Gasteiger partial charge in [0, 0.05) is 24.5 Å². The summed E-state index contributed by atoms with van der Waals surface area (Å²) in [5.74, 6) is 0.465. The first kappa shape index (κ1) is 17.9. The highest BCUT2D eigenvalue weighted by Crippen LogP contribution is 2.21. The van der Waals surface area contributed by atoms with Gasteiger partial charge in [-0.15, -0.1) is 0 Å². The topological polar surface area (TPSA) is 46.9 Å². The van der Waals surface area contributed by atoms with Gasteiger partial charge in [0.25, 0.3) is 5.91 Å². The third kappa shape index (κ3) is 4.82. The van der Waals surface area contributed by atoms with Gasteiger partial charge < -0.3 is 9.88 Å². The molecule has 4 nitrogen and oxygen atoms in total. The van der Waals surface area contributed by atoms with Crippen LogP contribution < -0.4 is 5.32 Å². The van der Waals surface area contributed by atoms with E-state index >= 15 is 0 Å². The number of nitrogens with one attached hydrogen (secondary N) is 1. The van der Waals surface area contributed by atoms with Gasteiger partial charge in [-0.25, -0.2) is 4.98 Å². The molecule has 0 aliphatic heterocycles. The van der Waals surface area contributed by atoms with Gasteiger partial charge >= 0.3 is 0 Å². The lowest BCUT2D eigenvalue weighted by Crippen LogP contribution is -2.29. The zero-order valence-electron chi connectivity index (χ0n) is 15.3. The van der Waals surface area contributed by atoms with E-state index in [1.807, 2.05) is 53.2 Å². The van der Waals surface area contributed by atoms with Crippen molar-refractivity contribution in [2.45, 2.75) is 32.9 Å². The molecular formula is C22H25N3O. The molecule has 2 aromatic carbocycles. The van der Waals surface area contributed by atoms with Crippen molar-refractivity contribution in [3.63, 3.8) is 0 Å². The van der Waals surface area contributed by atoms with E-state index in [2.05, 4.69) is 36.3 Å². The number of aromatic nitrogens is 2. The largest absolute Gasteiger partial charge is 0.345 e. The number of benzene rings is 2. The molecule has 1 heterocycles. The fourth-order valence-electron chi connectivity index (χ4n) is 3.03. The minimum atomic E-state index is -0.0336. The monoisotopic (exact) mass is 347 g/mol.